The lowest BCUT2D eigenvalue weighted by Crippen LogP contribution is -2.47. The molecule has 1 aliphatic heterocycles. The number of rotatable bonds is 4. The van der Waals surface area contributed by atoms with Crippen LogP contribution in [0.5, 0.6) is 5.75 Å². The van der Waals surface area contributed by atoms with Gasteiger partial charge in [-0.1, -0.05) is 12.1 Å². The van der Waals surface area contributed by atoms with E-state index in [1.807, 2.05) is 30.3 Å². The summed E-state index contributed by atoms with van der Waals surface area (Å²) in [4.78, 5) is 18.4. The summed E-state index contributed by atoms with van der Waals surface area (Å²) in [5, 5.41) is 1.03. The summed E-state index contributed by atoms with van der Waals surface area (Å²) in [5.74, 6) is 1.86. The molecule has 0 N–H and O–H groups in total. The maximum atomic E-state index is 13.6. The molecule has 0 unspecified atom stereocenters. The Labute approximate surface area is 180 Å². The maximum absolute atomic E-state index is 13.6. The smallest absolute Gasteiger partial charge is 0.163 e. The zero-order chi connectivity index (χ0) is 21.2. The fourth-order valence-electron chi connectivity index (χ4n) is 4.00. The van der Waals surface area contributed by atoms with Crippen molar-refractivity contribution in [3.8, 4) is 17.1 Å². The summed E-state index contributed by atoms with van der Waals surface area (Å²) in [6.07, 6.45) is 3.53. The SMILES string of the molecule is COc1cc(F)ccc1N1CCN(c2nc(-c3cccnc3)nc3ccccc23)CC1. The number of benzene rings is 2. The van der Waals surface area contributed by atoms with Crippen LogP contribution in [0.1, 0.15) is 0 Å². The van der Waals surface area contributed by atoms with E-state index in [0.29, 0.717) is 11.6 Å². The Hall–Kier alpha value is -3.74. The number of piperazine rings is 1. The first-order valence-electron chi connectivity index (χ1n) is 10.2. The fraction of sp³-hybridized carbons (Fsp3) is 0.208. The highest BCUT2D eigenvalue weighted by molar-refractivity contribution is 5.91. The third-order valence-corrected chi connectivity index (χ3v) is 5.56. The highest BCUT2D eigenvalue weighted by atomic mass is 19.1. The maximum Gasteiger partial charge on any atom is 0.163 e. The van der Waals surface area contributed by atoms with Crippen molar-refractivity contribution < 1.29 is 9.13 Å². The number of hydrogen-bond donors (Lipinski definition) is 0. The van der Waals surface area contributed by atoms with Crippen LogP contribution in [0.15, 0.2) is 67.0 Å². The molecule has 7 heteroatoms. The molecule has 31 heavy (non-hydrogen) atoms. The second-order valence-electron chi connectivity index (χ2n) is 7.42. The lowest BCUT2D eigenvalue weighted by atomic mass is 10.1. The second kappa shape index (κ2) is 8.18. The van der Waals surface area contributed by atoms with Gasteiger partial charge in [0.2, 0.25) is 0 Å². The molecule has 6 nitrogen and oxygen atoms in total. The van der Waals surface area contributed by atoms with Crippen LogP contribution < -0.4 is 14.5 Å². The third kappa shape index (κ3) is 3.74. The lowest BCUT2D eigenvalue weighted by molar-refractivity contribution is 0.410. The van der Waals surface area contributed by atoms with Gasteiger partial charge in [-0.25, -0.2) is 14.4 Å². The van der Waals surface area contributed by atoms with Gasteiger partial charge >= 0.3 is 0 Å². The van der Waals surface area contributed by atoms with Crippen LogP contribution in [0.4, 0.5) is 15.9 Å². The van der Waals surface area contributed by atoms with Crippen molar-refractivity contribution in [1.82, 2.24) is 15.0 Å². The van der Waals surface area contributed by atoms with Crippen molar-refractivity contribution in [2.75, 3.05) is 43.1 Å². The lowest BCUT2D eigenvalue weighted by Gasteiger charge is -2.37. The van der Waals surface area contributed by atoms with Gasteiger partial charge in [-0.15, -0.1) is 0 Å². The van der Waals surface area contributed by atoms with Crippen LogP contribution in [-0.2, 0) is 0 Å². The number of methoxy groups -OCH3 is 1. The minimum absolute atomic E-state index is 0.297. The number of ether oxygens (including phenoxy) is 1. The predicted octanol–water partition coefficient (Wildman–Crippen LogP) is 4.17. The number of halogens is 1. The van der Waals surface area contributed by atoms with E-state index in [1.165, 1.54) is 12.1 Å². The molecule has 0 amide bonds. The second-order valence-corrected chi connectivity index (χ2v) is 7.42. The number of hydrogen-bond acceptors (Lipinski definition) is 6. The standard InChI is InChI=1S/C24H22FN5O/c1-31-22-15-18(25)8-9-21(22)29-11-13-30(14-12-29)24-19-6-2-3-7-20(19)27-23(28-24)17-5-4-10-26-16-17/h2-10,15-16H,11-14H2,1H3. The van der Waals surface area contributed by atoms with Crippen LogP contribution >= 0.6 is 0 Å². The molecular weight excluding hydrogens is 393 g/mol. The zero-order valence-electron chi connectivity index (χ0n) is 17.2. The quantitative estimate of drug-likeness (QED) is 0.499. The molecule has 1 saturated heterocycles. The molecule has 0 bridgehead atoms. The van der Waals surface area contributed by atoms with Gasteiger partial charge in [0.05, 0.1) is 18.3 Å². The summed E-state index contributed by atoms with van der Waals surface area (Å²) in [6, 6.07) is 16.6. The van der Waals surface area contributed by atoms with Crippen molar-refractivity contribution in [3.05, 3.63) is 72.8 Å². The number of para-hydroxylation sites is 1. The Morgan fingerprint density at radius 1 is 0.903 bits per heavy atom. The van der Waals surface area contributed by atoms with Gasteiger partial charge in [-0.2, -0.15) is 0 Å². The van der Waals surface area contributed by atoms with Gasteiger partial charge in [0.25, 0.3) is 0 Å². The van der Waals surface area contributed by atoms with Gasteiger partial charge in [0, 0.05) is 55.6 Å². The predicted molar refractivity (Wildman–Crippen MR) is 120 cm³/mol. The van der Waals surface area contributed by atoms with E-state index >= 15 is 0 Å². The molecule has 0 radical (unpaired) electrons. The minimum Gasteiger partial charge on any atom is -0.494 e. The fourth-order valence-corrected chi connectivity index (χ4v) is 4.00. The Bertz CT molecular complexity index is 1210. The highest BCUT2D eigenvalue weighted by Crippen LogP contribution is 2.32. The van der Waals surface area contributed by atoms with Crippen molar-refractivity contribution >= 4 is 22.4 Å². The first kappa shape index (κ1) is 19.2. The molecule has 2 aromatic heterocycles. The van der Waals surface area contributed by atoms with E-state index in [-0.39, 0.29) is 5.82 Å². The van der Waals surface area contributed by atoms with Gasteiger partial charge in [-0.3, -0.25) is 4.98 Å². The van der Waals surface area contributed by atoms with E-state index in [0.717, 1.165) is 54.2 Å². The molecule has 5 rings (SSSR count). The Morgan fingerprint density at radius 3 is 2.48 bits per heavy atom. The van der Waals surface area contributed by atoms with E-state index in [1.54, 1.807) is 25.6 Å². The van der Waals surface area contributed by atoms with Crippen molar-refractivity contribution in [3.63, 3.8) is 0 Å². The monoisotopic (exact) mass is 415 g/mol. The normalized spacial score (nSPS) is 14.1. The summed E-state index contributed by atoms with van der Waals surface area (Å²) in [7, 11) is 1.57. The zero-order valence-corrected chi connectivity index (χ0v) is 17.2. The molecule has 0 aliphatic carbocycles. The number of nitrogens with zero attached hydrogens (tertiary/aromatic N) is 5. The van der Waals surface area contributed by atoms with Crippen molar-refractivity contribution in [2.24, 2.45) is 0 Å². The molecule has 0 spiro atoms. The van der Waals surface area contributed by atoms with E-state index in [9.17, 15) is 4.39 Å². The van der Waals surface area contributed by atoms with Crippen LogP contribution in [0.25, 0.3) is 22.3 Å². The van der Waals surface area contributed by atoms with Gasteiger partial charge in [-0.05, 0) is 36.4 Å². The topological polar surface area (TPSA) is 54.4 Å². The van der Waals surface area contributed by atoms with Gasteiger partial charge in [0.15, 0.2) is 5.82 Å². The van der Waals surface area contributed by atoms with Crippen molar-refractivity contribution in [1.29, 1.82) is 0 Å². The third-order valence-electron chi connectivity index (χ3n) is 5.56. The van der Waals surface area contributed by atoms with Crippen LogP contribution in [0, 0.1) is 5.82 Å². The first-order chi connectivity index (χ1) is 15.2. The number of anilines is 2. The van der Waals surface area contributed by atoms with Crippen LogP contribution in [0.2, 0.25) is 0 Å². The number of fused-ring (bicyclic) bond motifs is 1. The summed E-state index contributed by atoms with van der Waals surface area (Å²) < 4.78 is 19.0. The van der Waals surface area contributed by atoms with E-state index in [4.69, 9.17) is 14.7 Å². The first-order valence-corrected chi connectivity index (χ1v) is 10.2. The van der Waals surface area contributed by atoms with Gasteiger partial charge < -0.3 is 14.5 Å². The highest BCUT2D eigenvalue weighted by Gasteiger charge is 2.23. The van der Waals surface area contributed by atoms with Crippen LogP contribution in [-0.4, -0.2) is 48.2 Å². The Morgan fingerprint density at radius 2 is 1.71 bits per heavy atom. The Balaban J connectivity index is 1.46. The summed E-state index contributed by atoms with van der Waals surface area (Å²) >= 11 is 0. The van der Waals surface area contributed by atoms with Gasteiger partial charge in [0.1, 0.15) is 17.4 Å². The summed E-state index contributed by atoms with van der Waals surface area (Å²) in [5.41, 5.74) is 2.71. The molecule has 3 heterocycles. The van der Waals surface area contributed by atoms with Crippen molar-refractivity contribution in [2.45, 2.75) is 0 Å². The molecule has 0 saturated carbocycles. The summed E-state index contributed by atoms with van der Waals surface area (Å²) in [6.45, 7) is 3.13. The van der Waals surface area contributed by atoms with Crippen LogP contribution in [0.3, 0.4) is 0 Å². The largest absolute Gasteiger partial charge is 0.494 e. The molecular formula is C24H22FN5O. The molecule has 1 fully saturated rings. The molecule has 1 aliphatic rings. The number of pyridine rings is 1. The molecule has 0 atom stereocenters. The van der Waals surface area contributed by atoms with E-state index < -0.39 is 0 Å². The Kier molecular flexibility index (Phi) is 5.08. The molecule has 156 valence electrons. The average molecular weight is 415 g/mol. The molecule has 4 aromatic rings. The molecule has 2 aromatic carbocycles. The average Bonchev–Trinajstić information content (AvgIpc) is 2.84. The minimum atomic E-state index is -0.297. The number of aromatic nitrogens is 3. The van der Waals surface area contributed by atoms with E-state index in [2.05, 4.69) is 20.9 Å².